The van der Waals surface area contributed by atoms with Crippen molar-refractivity contribution in [2.45, 2.75) is 32.4 Å². The van der Waals surface area contributed by atoms with Gasteiger partial charge >= 0.3 is 0 Å². The Morgan fingerprint density at radius 3 is 3.06 bits per heavy atom. The number of aromatic nitrogens is 1. The molecule has 0 aliphatic heterocycles. The lowest BCUT2D eigenvalue weighted by Crippen LogP contribution is -2.26. The van der Waals surface area contributed by atoms with Crippen molar-refractivity contribution in [1.29, 1.82) is 0 Å². The van der Waals surface area contributed by atoms with Crippen molar-refractivity contribution >= 4 is 10.8 Å². The Labute approximate surface area is 108 Å². The SMILES string of the molecule is C#CC(CCC)NCc1cccc2cnccc12. The van der Waals surface area contributed by atoms with E-state index in [-0.39, 0.29) is 6.04 Å². The molecule has 1 heterocycles. The summed E-state index contributed by atoms with van der Waals surface area (Å²) in [5, 5.41) is 5.84. The zero-order valence-electron chi connectivity index (χ0n) is 10.7. The number of fused-ring (bicyclic) bond motifs is 1. The summed E-state index contributed by atoms with van der Waals surface area (Å²) in [7, 11) is 0. The lowest BCUT2D eigenvalue weighted by Gasteiger charge is -2.13. The molecule has 2 rings (SSSR count). The van der Waals surface area contributed by atoms with Gasteiger partial charge < -0.3 is 0 Å². The fourth-order valence-electron chi connectivity index (χ4n) is 2.11. The Morgan fingerprint density at radius 2 is 2.28 bits per heavy atom. The molecule has 2 heteroatoms. The summed E-state index contributed by atoms with van der Waals surface area (Å²) in [4.78, 5) is 4.14. The molecule has 2 aromatic rings. The number of hydrogen-bond donors (Lipinski definition) is 1. The molecule has 0 bridgehead atoms. The number of nitrogens with zero attached hydrogens (tertiary/aromatic N) is 1. The van der Waals surface area contributed by atoms with E-state index in [2.05, 4.69) is 47.4 Å². The lowest BCUT2D eigenvalue weighted by molar-refractivity contribution is 0.564. The van der Waals surface area contributed by atoms with Crippen molar-refractivity contribution in [3.8, 4) is 12.3 Å². The second kappa shape index (κ2) is 6.18. The number of pyridine rings is 1. The third kappa shape index (κ3) is 2.88. The number of benzene rings is 1. The van der Waals surface area contributed by atoms with Crippen molar-refractivity contribution in [1.82, 2.24) is 10.3 Å². The van der Waals surface area contributed by atoms with Crippen molar-refractivity contribution in [2.75, 3.05) is 0 Å². The first-order valence-electron chi connectivity index (χ1n) is 6.36. The van der Waals surface area contributed by atoms with E-state index < -0.39 is 0 Å². The van der Waals surface area contributed by atoms with Gasteiger partial charge in [-0.3, -0.25) is 10.3 Å². The molecule has 0 spiro atoms. The zero-order chi connectivity index (χ0) is 12.8. The van der Waals surface area contributed by atoms with Crippen LogP contribution >= 0.6 is 0 Å². The summed E-state index contributed by atoms with van der Waals surface area (Å²) < 4.78 is 0. The fraction of sp³-hybridized carbons (Fsp3) is 0.312. The molecule has 0 saturated heterocycles. The summed E-state index contributed by atoms with van der Waals surface area (Å²) in [6.07, 6.45) is 11.4. The van der Waals surface area contributed by atoms with E-state index in [1.165, 1.54) is 16.3 Å². The fourth-order valence-corrected chi connectivity index (χ4v) is 2.11. The van der Waals surface area contributed by atoms with Crippen molar-refractivity contribution in [3.05, 3.63) is 42.2 Å². The average molecular weight is 238 g/mol. The quantitative estimate of drug-likeness (QED) is 0.809. The number of rotatable bonds is 5. The maximum atomic E-state index is 5.51. The standard InChI is InChI=1S/C16H18N2/c1-3-6-15(4-2)18-12-14-8-5-7-13-11-17-10-9-16(13)14/h2,5,7-11,15,18H,3,6,12H2,1H3. The zero-order valence-corrected chi connectivity index (χ0v) is 10.7. The second-order valence-corrected chi connectivity index (χ2v) is 4.40. The monoisotopic (exact) mass is 238 g/mol. The van der Waals surface area contributed by atoms with Gasteiger partial charge in [0.25, 0.3) is 0 Å². The molecular formula is C16H18N2. The second-order valence-electron chi connectivity index (χ2n) is 4.40. The predicted molar refractivity (Wildman–Crippen MR) is 76.1 cm³/mol. The van der Waals surface area contributed by atoms with E-state index in [9.17, 15) is 0 Å². The number of hydrogen-bond acceptors (Lipinski definition) is 2. The normalized spacial score (nSPS) is 12.2. The largest absolute Gasteiger partial charge is 0.300 e. The van der Waals surface area contributed by atoms with Gasteiger partial charge in [0, 0.05) is 24.3 Å². The molecule has 0 radical (unpaired) electrons. The molecule has 1 aromatic heterocycles. The predicted octanol–water partition coefficient (Wildman–Crippen LogP) is 3.13. The molecule has 1 atom stereocenters. The summed E-state index contributed by atoms with van der Waals surface area (Å²) in [6.45, 7) is 2.95. The molecule has 1 N–H and O–H groups in total. The Kier molecular flexibility index (Phi) is 4.33. The van der Waals surface area contributed by atoms with Gasteiger partial charge in [-0.25, -0.2) is 0 Å². The Hall–Kier alpha value is -1.85. The first-order valence-corrected chi connectivity index (χ1v) is 6.36. The van der Waals surface area contributed by atoms with Crippen LogP contribution in [0.3, 0.4) is 0 Å². The Balaban J connectivity index is 2.15. The van der Waals surface area contributed by atoms with Crippen molar-refractivity contribution < 1.29 is 0 Å². The van der Waals surface area contributed by atoms with E-state index in [1.807, 2.05) is 12.4 Å². The molecule has 0 fully saturated rings. The molecular weight excluding hydrogens is 220 g/mol. The summed E-state index contributed by atoms with van der Waals surface area (Å²) >= 11 is 0. The summed E-state index contributed by atoms with van der Waals surface area (Å²) in [6, 6.07) is 8.49. The van der Waals surface area contributed by atoms with Crippen LogP contribution in [-0.4, -0.2) is 11.0 Å². The molecule has 18 heavy (non-hydrogen) atoms. The smallest absolute Gasteiger partial charge is 0.0689 e. The maximum Gasteiger partial charge on any atom is 0.0689 e. The molecule has 0 saturated carbocycles. The molecule has 92 valence electrons. The number of terminal acetylenes is 1. The van der Waals surface area contributed by atoms with Gasteiger partial charge in [-0.15, -0.1) is 6.42 Å². The van der Waals surface area contributed by atoms with Crippen LogP contribution in [0, 0.1) is 12.3 Å². The van der Waals surface area contributed by atoms with Crippen LogP contribution < -0.4 is 5.32 Å². The van der Waals surface area contributed by atoms with Gasteiger partial charge in [0.1, 0.15) is 0 Å². The van der Waals surface area contributed by atoms with Crippen LogP contribution in [-0.2, 0) is 6.54 Å². The van der Waals surface area contributed by atoms with Gasteiger partial charge in [0.15, 0.2) is 0 Å². The molecule has 2 nitrogen and oxygen atoms in total. The highest BCUT2D eigenvalue weighted by molar-refractivity contribution is 5.84. The minimum absolute atomic E-state index is 0.159. The minimum Gasteiger partial charge on any atom is -0.300 e. The van der Waals surface area contributed by atoms with Crippen molar-refractivity contribution in [2.24, 2.45) is 0 Å². The summed E-state index contributed by atoms with van der Waals surface area (Å²) in [5.41, 5.74) is 1.27. The van der Waals surface area contributed by atoms with Crippen LogP contribution in [0.2, 0.25) is 0 Å². The molecule has 0 aliphatic rings. The van der Waals surface area contributed by atoms with E-state index in [0.29, 0.717) is 0 Å². The number of nitrogens with one attached hydrogen (secondary N) is 1. The maximum absolute atomic E-state index is 5.51. The van der Waals surface area contributed by atoms with E-state index >= 15 is 0 Å². The van der Waals surface area contributed by atoms with Crippen LogP contribution in [0.5, 0.6) is 0 Å². The van der Waals surface area contributed by atoms with Crippen molar-refractivity contribution in [3.63, 3.8) is 0 Å². The third-order valence-electron chi connectivity index (χ3n) is 3.09. The highest BCUT2D eigenvalue weighted by Gasteiger charge is 2.05. The van der Waals surface area contributed by atoms with Crippen LogP contribution in [0.25, 0.3) is 10.8 Å². The van der Waals surface area contributed by atoms with Gasteiger partial charge in [-0.2, -0.15) is 0 Å². The van der Waals surface area contributed by atoms with Gasteiger partial charge in [-0.05, 0) is 23.4 Å². The van der Waals surface area contributed by atoms with Crippen LogP contribution in [0.15, 0.2) is 36.7 Å². The average Bonchev–Trinajstić information content (AvgIpc) is 2.43. The molecule has 1 aromatic carbocycles. The minimum atomic E-state index is 0.159. The first kappa shape index (κ1) is 12.6. The van der Waals surface area contributed by atoms with Crippen LogP contribution in [0.1, 0.15) is 25.3 Å². The molecule has 0 aliphatic carbocycles. The highest BCUT2D eigenvalue weighted by atomic mass is 14.9. The summed E-state index contributed by atoms with van der Waals surface area (Å²) in [5.74, 6) is 2.80. The van der Waals surface area contributed by atoms with Gasteiger partial charge in [-0.1, -0.05) is 37.5 Å². The first-order chi connectivity index (χ1) is 8.85. The lowest BCUT2D eigenvalue weighted by atomic mass is 10.1. The van der Waals surface area contributed by atoms with E-state index in [0.717, 1.165) is 19.4 Å². The van der Waals surface area contributed by atoms with Gasteiger partial charge in [0.2, 0.25) is 0 Å². The molecule has 0 amide bonds. The van der Waals surface area contributed by atoms with Crippen LogP contribution in [0.4, 0.5) is 0 Å². The molecule has 1 unspecified atom stereocenters. The Bertz CT molecular complexity index is 549. The third-order valence-corrected chi connectivity index (χ3v) is 3.09. The Morgan fingerprint density at radius 1 is 1.39 bits per heavy atom. The van der Waals surface area contributed by atoms with E-state index in [4.69, 9.17) is 6.42 Å². The van der Waals surface area contributed by atoms with Gasteiger partial charge in [0.05, 0.1) is 6.04 Å². The van der Waals surface area contributed by atoms with E-state index in [1.54, 1.807) is 0 Å². The highest BCUT2D eigenvalue weighted by Crippen LogP contribution is 2.17. The topological polar surface area (TPSA) is 24.9 Å².